The first-order chi connectivity index (χ1) is 22.9. The number of hydrogen-bond acceptors (Lipinski definition) is 9. The number of nitrogens with zero attached hydrogens (tertiary/aromatic N) is 3. The Kier molecular flexibility index (Phi) is 9.30. The third-order valence-electron chi connectivity index (χ3n) is 9.29. The van der Waals surface area contributed by atoms with Crippen LogP contribution in [0.3, 0.4) is 0 Å². The summed E-state index contributed by atoms with van der Waals surface area (Å²) < 4.78 is 17.5. The van der Waals surface area contributed by atoms with Gasteiger partial charge in [-0.1, -0.05) is 44.2 Å². The second kappa shape index (κ2) is 13.4. The largest absolute Gasteiger partial charge is 0.479 e. The lowest BCUT2D eigenvalue weighted by Gasteiger charge is -2.30. The molecule has 0 bridgehead atoms. The van der Waals surface area contributed by atoms with Crippen molar-refractivity contribution in [3.8, 4) is 17.3 Å². The minimum absolute atomic E-state index is 0.000972. The Morgan fingerprint density at radius 3 is 2.42 bits per heavy atom. The van der Waals surface area contributed by atoms with Crippen molar-refractivity contribution < 1.29 is 38.2 Å². The molecule has 256 valence electrons. The molecule has 2 aromatic heterocycles. The van der Waals surface area contributed by atoms with Crippen molar-refractivity contribution in [1.29, 1.82) is 0 Å². The maximum Gasteiger partial charge on any atom is 0.408 e. The average Bonchev–Trinajstić information content (AvgIpc) is 3.34. The zero-order valence-electron chi connectivity index (χ0n) is 27.6. The van der Waals surface area contributed by atoms with Crippen molar-refractivity contribution in [2.24, 2.45) is 5.92 Å². The molecule has 3 N–H and O–H groups in total. The fraction of sp³-hybridized carbons (Fsp3) is 0.543. The highest BCUT2D eigenvalue weighted by Gasteiger charge is 2.62. The number of carboxylic acid groups (broad SMARTS) is 1. The number of fused-ring (bicyclic) bond motifs is 3. The zero-order chi connectivity index (χ0) is 34.1. The molecule has 1 aliphatic carbocycles. The quantitative estimate of drug-likeness (QED) is 0.344. The molecule has 13 heteroatoms. The molecule has 3 aromatic rings. The van der Waals surface area contributed by atoms with Crippen LogP contribution in [0, 0.1) is 5.92 Å². The number of carboxylic acids is 1. The van der Waals surface area contributed by atoms with Crippen LogP contribution in [0.15, 0.2) is 47.1 Å². The minimum Gasteiger partial charge on any atom is -0.479 e. The summed E-state index contributed by atoms with van der Waals surface area (Å²) in [5, 5.41) is 15.7. The van der Waals surface area contributed by atoms with E-state index in [1.54, 1.807) is 39.0 Å². The van der Waals surface area contributed by atoms with E-state index < -0.39 is 53.2 Å². The van der Waals surface area contributed by atoms with Gasteiger partial charge in [0.15, 0.2) is 11.5 Å². The number of aromatic nitrogens is 2. The molecule has 1 aromatic carbocycles. The molecule has 2 unspecified atom stereocenters. The lowest BCUT2D eigenvalue weighted by atomic mass is 10.0. The van der Waals surface area contributed by atoms with Crippen molar-refractivity contribution in [3.63, 3.8) is 0 Å². The van der Waals surface area contributed by atoms with Gasteiger partial charge in [-0.3, -0.25) is 9.59 Å². The van der Waals surface area contributed by atoms with Crippen LogP contribution in [0.25, 0.3) is 22.5 Å². The predicted octanol–water partition coefficient (Wildman–Crippen LogP) is 4.84. The van der Waals surface area contributed by atoms with E-state index in [9.17, 15) is 24.3 Å². The summed E-state index contributed by atoms with van der Waals surface area (Å²) in [5.74, 6) is -1.66. The molecule has 4 heterocycles. The first-order valence-electron chi connectivity index (χ1n) is 16.8. The summed E-state index contributed by atoms with van der Waals surface area (Å²) in [6, 6.07) is 8.79. The van der Waals surface area contributed by atoms with E-state index >= 15 is 0 Å². The van der Waals surface area contributed by atoms with Gasteiger partial charge in [-0.25, -0.2) is 19.6 Å². The summed E-state index contributed by atoms with van der Waals surface area (Å²) in [7, 11) is 0. The Labute approximate surface area is 278 Å². The summed E-state index contributed by atoms with van der Waals surface area (Å²) in [6.07, 6.45) is 5.77. The van der Waals surface area contributed by atoms with Gasteiger partial charge in [0, 0.05) is 6.42 Å². The third kappa shape index (κ3) is 7.24. The highest BCUT2D eigenvalue weighted by atomic mass is 16.6. The average molecular weight is 662 g/mol. The molecule has 3 amide bonds. The molecule has 3 fully saturated rings. The van der Waals surface area contributed by atoms with Crippen molar-refractivity contribution in [2.75, 3.05) is 6.54 Å². The first kappa shape index (κ1) is 33.2. The Morgan fingerprint density at radius 1 is 1.02 bits per heavy atom. The molecule has 13 nitrogen and oxygen atoms in total. The van der Waals surface area contributed by atoms with Crippen LogP contribution in [0.1, 0.15) is 78.6 Å². The van der Waals surface area contributed by atoms with Gasteiger partial charge in [-0.05, 0) is 70.2 Å². The molecule has 0 spiro atoms. The Balaban J connectivity index is 1.32. The minimum atomic E-state index is -1.37. The number of rotatable bonds is 5. The smallest absolute Gasteiger partial charge is 0.408 e. The highest BCUT2D eigenvalue weighted by Crippen LogP contribution is 2.47. The molecule has 1 saturated carbocycles. The molecular weight excluding hydrogens is 618 g/mol. The van der Waals surface area contributed by atoms with Crippen LogP contribution < -0.4 is 15.4 Å². The first-order valence-corrected chi connectivity index (χ1v) is 16.8. The standard InChI is InChI=1S/C35H43N5O8/c1-34(2,3)48-33(45)38-25-15-8-6-4-5-7-12-21-19-35(21,32(43)44)39-29(41)26-18-22(20-40(26)31(25)42)47-30-28(27-16-11-17-46-27)36-23-13-9-10-14-24(23)37-30/h9-11,13-14,16-17,21-22,25-26H,4-8,12,15,18-20H2,1-3H3,(H,38,45)(H,39,41)(H,43,44)/t21?,22-,25+,26+,35?/m1/s1. The second-order valence-corrected chi connectivity index (χ2v) is 14.0. The summed E-state index contributed by atoms with van der Waals surface area (Å²) >= 11 is 0. The fourth-order valence-electron chi connectivity index (χ4n) is 6.80. The maximum atomic E-state index is 14.3. The Hall–Kier alpha value is -4.68. The third-order valence-corrected chi connectivity index (χ3v) is 9.29. The van der Waals surface area contributed by atoms with Crippen molar-refractivity contribution in [2.45, 2.75) is 108 Å². The van der Waals surface area contributed by atoms with Crippen LogP contribution in [0.4, 0.5) is 4.79 Å². The maximum absolute atomic E-state index is 14.3. The van der Waals surface area contributed by atoms with Crippen LogP contribution in [0.5, 0.6) is 5.88 Å². The number of aliphatic carboxylic acids is 1. The topological polar surface area (TPSA) is 173 Å². The van der Waals surface area contributed by atoms with Gasteiger partial charge in [-0.2, -0.15) is 0 Å². The molecule has 2 aliphatic heterocycles. The van der Waals surface area contributed by atoms with Crippen LogP contribution in [-0.2, 0) is 19.1 Å². The molecule has 6 rings (SSSR count). The van der Waals surface area contributed by atoms with E-state index in [2.05, 4.69) is 10.6 Å². The van der Waals surface area contributed by atoms with E-state index in [0.717, 1.165) is 25.7 Å². The predicted molar refractivity (Wildman–Crippen MR) is 174 cm³/mol. The molecule has 2 saturated heterocycles. The van der Waals surface area contributed by atoms with E-state index in [1.165, 1.54) is 11.2 Å². The Bertz CT molecular complexity index is 1670. The monoisotopic (exact) mass is 661 g/mol. The van der Waals surface area contributed by atoms with Crippen LogP contribution in [-0.4, -0.2) is 79.7 Å². The summed E-state index contributed by atoms with van der Waals surface area (Å²) in [4.78, 5) is 64.5. The molecule has 3 aliphatic rings. The number of carbonyl (C=O) groups excluding carboxylic acids is 3. The van der Waals surface area contributed by atoms with Gasteiger partial charge < -0.3 is 34.5 Å². The van der Waals surface area contributed by atoms with Gasteiger partial charge >= 0.3 is 12.1 Å². The normalized spacial score (nSPS) is 26.8. The summed E-state index contributed by atoms with van der Waals surface area (Å²) in [6.45, 7) is 5.22. The van der Waals surface area contributed by atoms with E-state index in [1.807, 2.05) is 18.2 Å². The van der Waals surface area contributed by atoms with Gasteiger partial charge in [0.2, 0.25) is 17.7 Å². The highest BCUT2D eigenvalue weighted by molar-refractivity contribution is 5.96. The van der Waals surface area contributed by atoms with Crippen molar-refractivity contribution in [3.05, 3.63) is 42.7 Å². The van der Waals surface area contributed by atoms with Crippen molar-refractivity contribution in [1.82, 2.24) is 25.5 Å². The van der Waals surface area contributed by atoms with Gasteiger partial charge in [-0.15, -0.1) is 0 Å². The van der Waals surface area contributed by atoms with Gasteiger partial charge in [0.05, 0.1) is 23.8 Å². The SMILES string of the molecule is CC(C)(C)OC(=O)N[C@H]1CCCCCCCC2CC2(C(=O)O)NC(=O)[C@@H]2C[C@@H](Oc3nc4ccccc4nc3-c3ccco3)CN2C1=O. The number of carbonyl (C=O) groups is 4. The molecule has 0 radical (unpaired) electrons. The number of para-hydroxylation sites is 2. The number of amides is 3. The van der Waals surface area contributed by atoms with Crippen molar-refractivity contribution >= 4 is 34.9 Å². The van der Waals surface area contributed by atoms with E-state index in [-0.39, 0.29) is 24.8 Å². The fourth-order valence-corrected chi connectivity index (χ4v) is 6.80. The Morgan fingerprint density at radius 2 is 1.73 bits per heavy atom. The molecular formula is C35H43N5O8. The van der Waals surface area contributed by atoms with Gasteiger partial charge in [0.1, 0.15) is 29.3 Å². The summed E-state index contributed by atoms with van der Waals surface area (Å²) in [5.41, 5.74) is -0.544. The molecule has 48 heavy (non-hydrogen) atoms. The van der Waals surface area contributed by atoms with E-state index in [0.29, 0.717) is 48.2 Å². The number of benzene rings is 1. The van der Waals surface area contributed by atoms with E-state index in [4.69, 9.17) is 23.9 Å². The second-order valence-electron chi connectivity index (χ2n) is 14.0. The van der Waals surface area contributed by atoms with Crippen LogP contribution in [0.2, 0.25) is 0 Å². The number of hydrogen-bond donors (Lipinski definition) is 3. The zero-order valence-corrected chi connectivity index (χ0v) is 27.6. The molecule has 5 atom stereocenters. The van der Waals surface area contributed by atoms with Gasteiger partial charge in [0.25, 0.3) is 0 Å². The van der Waals surface area contributed by atoms with Crippen LogP contribution >= 0.6 is 0 Å². The number of ether oxygens (including phenoxy) is 2. The number of furan rings is 1. The number of alkyl carbamates (subject to hydrolysis) is 1. The lowest BCUT2D eigenvalue weighted by Crippen LogP contribution is -2.56. The number of nitrogens with one attached hydrogen (secondary N) is 2. The lowest BCUT2D eigenvalue weighted by molar-refractivity contribution is -0.146.